The minimum Gasteiger partial charge on any atom is -0.394 e. The predicted octanol–water partition coefficient (Wildman–Crippen LogP) is 1.74. The molecular formula is C10H23NO. The van der Waals surface area contributed by atoms with Gasteiger partial charge in [-0.15, -0.1) is 0 Å². The molecule has 1 N–H and O–H groups in total. The fraction of sp³-hybridized carbons (Fsp3) is 1.00. The van der Waals surface area contributed by atoms with Gasteiger partial charge < -0.3 is 5.11 Å². The summed E-state index contributed by atoms with van der Waals surface area (Å²) >= 11 is 0. The average Bonchev–Trinajstić information content (AvgIpc) is 2.06. The van der Waals surface area contributed by atoms with Crippen LogP contribution in [0.15, 0.2) is 0 Å². The van der Waals surface area contributed by atoms with E-state index in [0.717, 1.165) is 13.0 Å². The molecule has 0 aromatic heterocycles. The Morgan fingerprint density at radius 3 is 1.92 bits per heavy atom. The summed E-state index contributed by atoms with van der Waals surface area (Å²) in [6.07, 6.45) is 1.01. The molecule has 0 aliphatic carbocycles. The van der Waals surface area contributed by atoms with Crippen molar-refractivity contribution < 1.29 is 5.11 Å². The number of hydrogen-bond acceptors (Lipinski definition) is 2. The average molecular weight is 173 g/mol. The molecule has 0 aliphatic rings. The summed E-state index contributed by atoms with van der Waals surface area (Å²) in [5.74, 6) is 0.498. The van der Waals surface area contributed by atoms with Crippen molar-refractivity contribution in [2.75, 3.05) is 20.2 Å². The SMILES string of the molecule is CCN(C)C(CC)(CO)C(C)C. The fourth-order valence-corrected chi connectivity index (χ4v) is 1.85. The molecule has 0 bridgehead atoms. The zero-order chi connectivity index (χ0) is 9.78. The number of aliphatic hydroxyl groups is 1. The standard InChI is InChI=1S/C10H23NO/c1-6-10(8-12,9(3)4)11(5)7-2/h9,12H,6-8H2,1-5H3. The van der Waals surface area contributed by atoms with E-state index in [4.69, 9.17) is 0 Å². The Hall–Kier alpha value is -0.0800. The van der Waals surface area contributed by atoms with Crippen molar-refractivity contribution in [1.29, 1.82) is 0 Å². The molecule has 74 valence electrons. The highest BCUT2D eigenvalue weighted by Crippen LogP contribution is 2.26. The lowest BCUT2D eigenvalue weighted by Crippen LogP contribution is -2.53. The Bertz CT molecular complexity index is 119. The second-order valence-electron chi connectivity index (χ2n) is 3.78. The van der Waals surface area contributed by atoms with Gasteiger partial charge in [-0.1, -0.05) is 27.7 Å². The highest BCUT2D eigenvalue weighted by atomic mass is 16.3. The van der Waals surface area contributed by atoms with Gasteiger partial charge in [0.1, 0.15) is 0 Å². The maximum atomic E-state index is 9.41. The molecule has 0 amide bonds. The van der Waals surface area contributed by atoms with Crippen LogP contribution in [0.3, 0.4) is 0 Å². The maximum Gasteiger partial charge on any atom is 0.0617 e. The van der Waals surface area contributed by atoms with Gasteiger partial charge in [0.05, 0.1) is 6.61 Å². The lowest BCUT2D eigenvalue weighted by Gasteiger charge is -2.43. The number of nitrogens with zero attached hydrogens (tertiary/aromatic N) is 1. The van der Waals surface area contributed by atoms with Crippen LogP contribution in [0.2, 0.25) is 0 Å². The zero-order valence-electron chi connectivity index (χ0n) is 9.09. The van der Waals surface area contributed by atoms with Gasteiger partial charge in [0, 0.05) is 5.54 Å². The largest absolute Gasteiger partial charge is 0.394 e. The van der Waals surface area contributed by atoms with Crippen LogP contribution >= 0.6 is 0 Å². The van der Waals surface area contributed by atoms with Gasteiger partial charge in [0.25, 0.3) is 0 Å². The first kappa shape index (κ1) is 11.9. The Labute approximate surface area is 76.6 Å². The number of likely N-dealkylation sites (N-methyl/N-ethyl adjacent to an activating group) is 1. The molecule has 1 unspecified atom stereocenters. The summed E-state index contributed by atoms with van der Waals surface area (Å²) in [5, 5.41) is 9.41. The molecule has 2 heteroatoms. The predicted molar refractivity (Wildman–Crippen MR) is 53.2 cm³/mol. The number of hydrogen-bond donors (Lipinski definition) is 1. The first-order valence-electron chi connectivity index (χ1n) is 4.87. The first-order valence-corrected chi connectivity index (χ1v) is 4.87. The summed E-state index contributed by atoms with van der Waals surface area (Å²) in [5.41, 5.74) is -0.0191. The van der Waals surface area contributed by atoms with E-state index in [1.54, 1.807) is 0 Å². The van der Waals surface area contributed by atoms with Crippen LogP contribution in [0, 0.1) is 5.92 Å². The molecule has 1 atom stereocenters. The summed E-state index contributed by atoms with van der Waals surface area (Å²) in [6, 6.07) is 0. The lowest BCUT2D eigenvalue weighted by atomic mass is 9.83. The minimum absolute atomic E-state index is 0.0191. The number of rotatable bonds is 5. The van der Waals surface area contributed by atoms with E-state index >= 15 is 0 Å². The molecule has 0 saturated carbocycles. The highest BCUT2D eigenvalue weighted by molar-refractivity contribution is 4.89. The molecule has 0 aromatic rings. The smallest absolute Gasteiger partial charge is 0.0617 e. The van der Waals surface area contributed by atoms with Crippen LogP contribution in [0.5, 0.6) is 0 Å². The van der Waals surface area contributed by atoms with Crippen LogP contribution in [-0.4, -0.2) is 35.7 Å². The summed E-state index contributed by atoms with van der Waals surface area (Å²) in [7, 11) is 2.08. The molecular weight excluding hydrogens is 150 g/mol. The van der Waals surface area contributed by atoms with E-state index in [0.29, 0.717) is 5.92 Å². The Morgan fingerprint density at radius 2 is 1.83 bits per heavy atom. The van der Waals surface area contributed by atoms with Gasteiger partial charge in [-0.3, -0.25) is 4.90 Å². The molecule has 0 spiro atoms. The highest BCUT2D eigenvalue weighted by Gasteiger charge is 2.34. The van der Waals surface area contributed by atoms with Crippen molar-refractivity contribution in [3.05, 3.63) is 0 Å². The van der Waals surface area contributed by atoms with E-state index in [1.165, 1.54) is 0 Å². The Balaban J connectivity index is 4.56. The quantitative estimate of drug-likeness (QED) is 0.684. The molecule has 0 rings (SSSR count). The minimum atomic E-state index is -0.0191. The topological polar surface area (TPSA) is 23.5 Å². The van der Waals surface area contributed by atoms with E-state index in [-0.39, 0.29) is 12.1 Å². The first-order chi connectivity index (χ1) is 5.55. The van der Waals surface area contributed by atoms with Gasteiger partial charge in [-0.2, -0.15) is 0 Å². The maximum absolute atomic E-state index is 9.41. The molecule has 2 nitrogen and oxygen atoms in total. The molecule has 0 radical (unpaired) electrons. The van der Waals surface area contributed by atoms with Crippen molar-refractivity contribution >= 4 is 0 Å². The third kappa shape index (κ3) is 1.99. The zero-order valence-corrected chi connectivity index (χ0v) is 9.09. The summed E-state index contributed by atoms with van der Waals surface area (Å²) < 4.78 is 0. The van der Waals surface area contributed by atoms with Crippen molar-refractivity contribution in [3.8, 4) is 0 Å². The molecule has 0 aromatic carbocycles. The van der Waals surface area contributed by atoms with Gasteiger partial charge in [0.2, 0.25) is 0 Å². The second kappa shape index (κ2) is 4.83. The van der Waals surface area contributed by atoms with Gasteiger partial charge in [-0.05, 0) is 25.9 Å². The third-order valence-corrected chi connectivity index (χ3v) is 3.20. The van der Waals surface area contributed by atoms with Crippen molar-refractivity contribution in [3.63, 3.8) is 0 Å². The normalized spacial score (nSPS) is 17.0. The van der Waals surface area contributed by atoms with Crippen LogP contribution in [-0.2, 0) is 0 Å². The second-order valence-corrected chi connectivity index (χ2v) is 3.78. The fourth-order valence-electron chi connectivity index (χ4n) is 1.85. The van der Waals surface area contributed by atoms with Crippen LogP contribution in [0.25, 0.3) is 0 Å². The molecule has 0 heterocycles. The van der Waals surface area contributed by atoms with Crippen molar-refractivity contribution in [2.24, 2.45) is 5.92 Å². The number of aliphatic hydroxyl groups excluding tert-OH is 1. The van der Waals surface area contributed by atoms with Gasteiger partial charge in [0.15, 0.2) is 0 Å². The summed E-state index contributed by atoms with van der Waals surface area (Å²) in [6.45, 7) is 9.86. The lowest BCUT2D eigenvalue weighted by molar-refractivity contribution is 0.0116. The van der Waals surface area contributed by atoms with Crippen LogP contribution < -0.4 is 0 Å². The van der Waals surface area contributed by atoms with E-state index in [2.05, 4.69) is 39.6 Å². The van der Waals surface area contributed by atoms with Gasteiger partial charge >= 0.3 is 0 Å². The van der Waals surface area contributed by atoms with E-state index in [9.17, 15) is 5.11 Å². The van der Waals surface area contributed by atoms with Crippen LogP contribution in [0.1, 0.15) is 34.1 Å². The Kier molecular flexibility index (Phi) is 4.80. The Morgan fingerprint density at radius 1 is 1.33 bits per heavy atom. The molecule has 0 fully saturated rings. The van der Waals surface area contributed by atoms with E-state index < -0.39 is 0 Å². The third-order valence-electron chi connectivity index (χ3n) is 3.20. The molecule has 12 heavy (non-hydrogen) atoms. The van der Waals surface area contributed by atoms with Crippen LogP contribution in [0.4, 0.5) is 0 Å². The van der Waals surface area contributed by atoms with Crippen molar-refractivity contribution in [2.45, 2.75) is 39.7 Å². The van der Waals surface area contributed by atoms with Crippen molar-refractivity contribution in [1.82, 2.24) is 4.90 Å². The summed E-state index contributed by atoms with van der Waals surface area (Å²) in [4.78, 5) is 2.25. The van der Waals surface area contributed by atoms with E-state index in [1.807, 2.05) is 0 Å². The molecule has 0 saturated heterocycles. The molecule has 0 aliphatic heterocycles. The van der Waals surface area contributed by atoms with Gasteiger partial charge in [-0.25, -0.2) is 0 Å². The monoisotopic (exact) mass is 173 g/mol.